The topological polar surface area (TPSA) is 38.1 Å². The molecule has 1 saturated heterocycles. The molecular formula is C14H22ClN3O. The molecule has 106 valence electrons. The Labute approximate surface area is 119 Å². The zero-order valence-electron chi connectivity index (χ0n) is 11.8. The summed E-state index contributed by atoms with van der Waals surface area (Å²) in [6, 6.07) is 0. The lowest BCUT2D eigenvalue weighted by molar-refractivity contribution is -0.138. The normalized spacial score (nSPS) is 25.4. The van der Waals surface area contributed by atoms with E-state index < -0.39 is 0 Å². The van der Waals surface area contributed by atoms with Crippen molar-refractivity contribution in [1.29, 1.82) is 0 Å². The van der Waals surface area contributed by atoms with Crippen molar-refractivity contribution in [2.24, 2.45) is 17.8 Å². The van der Waals surface area contributed by atoms with E-state index >= 15 is 0 Å². The molecule has 2 heterocycles. The van der Waals surface area contributed by atoms with Crippen LogP contribution in [-0.2, 0) is 11.3 Å². The number of amides is 1. The zero-order valence-corrected chi connectivity index (χ0v) is 12.6. The first kappa shape index (κ1) is 14.4. The second kappa shape index (κ2) is 5.95. The van der Waals surface area contributed by atoms with Crippen molar-refractivity contribution in [2.75, 3.05) is 13.1 Å². The van der Waals surface area contributed by atoms with Crippen LogP contribution in [0.5, 0.6) is 0 Å². The molecule has 0 spiro atoms. The van der Waals surface area contributed by atoms with Crippen LogP contribution in [0.4, 0.5) is 0 Å². The van der Waals surface area contributed by atoms with E-state index in [0.717, 1.165) is 13.1 Å². The van der Waals surface area contributed by atoms with Gasteiger partial charge in [-0.1, -0.05) is 32.4 Å². The van der Waals surface area contributed by atoms with Crippen LogP contribution in [0.2, 0.25) is 5.02 Å². The Kier molecular flexibility index (Phi) is 4.50. The first-order valence-corrected chi connectivity index (χ1v) is 7.30. The van der Waals surface area contributed by atoms with E-state index in [1.807, 2.05) is 11.8 Å². The van der Waals surface area contributed by atoms with Crippen LogP contribution in [0.15, 0.2) is 12.4 Å². The molecule has 1 fully saturated rings. The second-order valence-electron chi connectivity index (χ2n) is 5.97. The summed E-state index contributed by atoms with van der Waals surface area (Å²) in [4.78, 5) is 14.5. The van der Waals surface area contributed by atoms with E-state index in [9.17, 15) is 4.79 Å². The third-order valence-electron chi connectivity index (χ3n) is 3.66. The van der Waals surface area contributed by atoms with Gasteiger partial charge in [-0.3, -0.25) is 9.48 Å². The number of carbonyl (C=O) groups is 1. The summed E-state index contributed by atoms with van der Waals surface area (Å²) in [5, 5.41) is 4.74. The molecule has 0 N–H and O–H groups in total. The second-order valence-corrected chi connectivity index (χ2v) is 6.41. The molecule has 0 saturated carbocycles. The van der Waals surface area contributed by atoms with Gasteiger partial charge in [0.2, 0.25) is 5.91 Å². The summed E-state index contributed by atoms with van der Waals surface area (Å²) in [7, 11) is 0. The molecule has 5 heteroatoms. The van der Waals surface area contributed by atoms with Crippen LogP contribution in [0.3, 0.4) is 0 Å². The summed E-state index contributed by atoms with van der Waals surface area (Å²) < 4.78 is 1.74. The number of halogens is 1. The molecule has 1 aromatic rings. The quantitative estimate of drug-likeness (QED) is 0.855. The average molecular weight is 284 g/mol. The maximum Gasteiger partial charge on any atom is 0.227 e. The van der Waals surface area contributed by atoms with Gasteiger partial charge in [-0.05, 0) is 18.3 Å². The van der Waals surface area contributed by atoms with Gasteiger partial charge in [-0.15, -0.1) is 0 Å². The fraction of sp³-hybridized carbons (Fsp3) is 0.714. The van der Waals surface area contributed by atoms with Crippen molar-refractivity contribution < 1.29 is 4.79 Å². The average Bonchev–Trinajstić information content (AvgIpc) is 2.72. The highest BCUT2D eigenvalue weighted by Gasteiger charge is 2.28. The van der Waals surface area contributed by atoms with Crippen LogP contribution in [0.25, 0.3) is 0 Å². The van der Waals surface area contributed by atoms with E-state index in [0.29, 0.717) is 23.4 Å². The van der Waals surface area contributed by atoms with Crippen molar-refractivity contribution >= 4 is 17.5 Å². The van der Waals surface area contributed by atoms with Crippen molar-refractivity contribution in [1.82, 2.24) is 14.7 Å². The van der Waals surface area contributed by atoms with Crippen LogP contribution < -0.4 is 0 Å². The van der Waals surface area contributed by atoms with Crippen LogP contribution >= 0.6 is 11.6 Å². The Morgan fingerprint density at radius 1 is 1.47 bits per heavy atom. The Bertz CT molecular complexity index is 436. The fourth-order valence-corrected chi connectivity index (χ4v) is 3.11. The van der Waals surface area contributed by atoms with E-state index in [1.54, 1.807) is 17.1 Å². The number of aromatic nitrogens is 2. The molecule has 0 bridgehead atoms. The number of nitrogens with zero attached hydrogens (tertiary/aromatic N) is 3. The molecule has 0 unspecified atom stereocenters. The van der Waals surface area contributed by atoms with Crippen molar-refractivity contribution in [3.05, 3.63) is 17.4 Å². The Morgan fingerprint density at radius 3 is 2.63 bits per heavy atom. The lowest BCUT2D eigenvalue weighted by Crippen LogP contribution is -2.45. The van der Waals surface area contributed by atoms with Crippen LogP contribution in [-0.4, -0.2) is 33.7 Å². The summed E-state index contributed by atoms with van der Waals surface area (Å²) in [5.41, 5.74) is 0. The van der Waals surface area contributed by atoms with Gasteiger partial charge in [0.05, 0.1) is 23.7 Å². The molecule has 1 aliphatic rings. The molecule has 1 amide bonds. The Hall–Kier alpha value is -1.03. The molecule has 1 aromatic heterocycles. The van der Waals surface area contributed by atoms with Crippen molar-refractivity contribution in [2.45, 2.75) is 33.7 Å². The minimum atomic E-state index is -0.0616. The third-order valence-corrected chi connectivity index (χ3v) is 3.86. The van der Waals surface area contributed by atoms with E-state index in [-0.39, 0.29) is 11.8 Å². The minimum absolute atomic E-state index is 0.0616. The van der Waals surface area contributed by atoms with E-state index in [4.69, 9.17) is 11.6 Å². The highest BCUT2D eigenvalue weighted by Crippen LogP contribution is 2.22. The number of carbonyl (C=O) groups excluding carboxylic acids is 1. The maximum atomic E-state index is 12.5. The van der Waals surface area contributed by atoms with Gasteiger partial charge in [0.1, 0.15) is 0 Å². The van der Waals surface area contributed by atoms with Gasteiger partial charge < -0.3 is 4.90 Å². The highest BCUT2D eigenvalue weighted by atomic mass is 35.5. The third kappa shape index (κ3) is 3.72. The summed E-state index contributed by atoms with van der Waals surface area (Å²) >= 11 is 5.83. The predicted molar refractivity (Wildman–Crippen MR) is 75.9 cm³/mol. The molecule has 1 aliphatic heterocycles. The summed E-state index contributed by atoms with van der Waals surface area (Å²) in [5.74, 6) is 1.36. The Morgan fingerprint density at radius 2 is 2.11 bits per heavy atom. The van der Waals surface area contributed by atoms with Gasteiger partial charge in [0.25, 0.3) is 0 Å². The number of rotatable bonds is 3. The highest BCUT2D eigenvalue weighted by molar-refractivity contribution is 6.30. The molecule has 2 rings (SSSR count). The first-order chi connectivity index (χ1) is 8.95. The van der Waals surface area contributed by atoms with Gasteiger partial charge in [0.15, 0.2) is 0 Å². The van der Waals surface area contributed by atoms with E-state index in [2.05, 4.69) is 18.9 Å². The summed E-state index contributed by atoms with van der Waals surface area (Å²) in [6.45, 7) is 8.75. The Balaban J connectivity index is 1.94. The molecule has 0 radical (unpaired) electrons. The van der Waals surface area contributed by atoms with Crippen LogP contribution in [0, 0.1) is 17.8 Å². The minimum Gasteiger partial charge on any atom is -0.342 e. The monoisotopic (exact) mass is 283 g/mol. The molecular weight excluding hydrogens is 262 g/mol. The summed E-state index contributed by atoms with van der Waals surface area (Å²) in [6.07, 6.45) is 4.57. The SMILES string of the molecule is C[C@@H]1C[C@@H](C)CN(C(=O)[C@H](C)Cn2cc(Cl)cn2)C1. The van der Waals surface area contributed by atoms with Crippen molar-refractivity contribution in [3.63, 3.8) is 0 Å². The molecule has 3 atom stereocenters. The number of piperidine rings is 1. The number of hydrogen-bond acceptors (Lipinski definition) is 2. The lowest BCUT2D eigenvalue weighted by Gasteiger charge is -2.36. The number of hydrogen-bond donors (Lipinski definition) is 0. The lowest BCUT2D eigenvalue weighted by atomic mass is 9.91. The standard InChI is InChI=1S/C14H22ClN3O/c1-10-4-11(2)7-17(6-10)14(19)12(3)8-18-9-13(15)5-16-18/h5,9-12H,4,6-8H2,1-3H3/t10-,11-,12-/m1/s1. The van der Waals surface area contributed by atoms with E-state index in [1.165, 1.54) is 6.42 Å². The maximum absolute atomic E-state index is 12.5. The van der Waals surface area contributed by atoms with Crippen LogP contribution in [0.1, 0.15) is 27.2 Å². The fourth-order valence-electron chi connectivity index (χ4n) is 2.95. The predicted octanol–water partition coefficient (Wildman–Crippen LogP) is 2.68. The number of likely N-dealkylation sites (tertiary alicyclic amines) is 1. The van der Waals surface area contributed by atoms with Gasteiger partial charge in [-0.2, -0.15) is 5.10 Å². The molecule has 19 heavy (non-hydrogen) atoms. The molecule has 0 aliphatic carbocycles. The first-order valence-electron chi connectivity index (χ1n) is 6.92. The van der Waals surface area contributed by atoms with Gasteiger partial charge in [0, 0.05) is 19.3 Å². The molecule has 4 nitrogen and oxygen atoms in total. The van der Waals surface area contributed by atoms with Gasteiger partial charge >= 0.3 is 0 Å². The van der Waals surface area contributed by atoms with Gasteiger partial charge in [-0.25, -0.2) is 0 Å². The van der Waals surface area contributed by atoms with Crippen molar-refractivity contribution in [3.8, 4) is 0 Å². The smallest absolute Gasteiger partial charge is 0.227 e. The zero-order chi connectivity index (χ0) is 14.0. The molecule has 0 aromatic carbocycles. The largest absolute Gasteiger partial charge is 0.342 e.